The number of benzene rings is 1. The van der Waals surface area contributed by atoms with Crippen molar-refractivity contribution in [1.29, 1.82) is 0 Å². The molecule has 0 aliphatic rings. The van der Waals surface area contributed by atoms with E-state index in [2.05, 4.69) is 0 Å². The highest BCUT2D eigenvalue weighted by molar-refractivity contribution is 5.67. The van der Waals surface area contributed by atoms with Gasteiger partial charge >= 0.3 is 5.97 Å². The van der Waals surface area contributed by atoms with Gasteiger partial charge in [-0.25, -0.2) is 13.2 Å². The first-order valence-corrected chi connectivity index (χ1v) is 4.90. The number of aryl methyl sites for hydroxylation is 1. The molecule has 17 heavy (non-hydrogen) atoms. The van der Waals surface area contributed by atoms with Crippen LogP contribution in [0.1, 0.15) is 12.0 Å². The molecule has 0 saturated heterocycles. The van der Waals surface area contributed by atoms with Crippen LogP contribution in [0, 0.1) is 5.82 Å². The highest BCUT2D eigenvalue weighted by Crippen LogP contribution is 2.18. The molecule has 1 N–H and O–H groups in total. The molecular weight excluding hydrogens is 237 g/mol. The molecule has 1 aromatic carbocycles. The first kappa shape index (κ1) is 13.3. The molecule has 0 saturated carbocycles. The van der Waals surface area contributed by atoms with Crippen molar-refractivity contribution in [3.8, 4) is 5.75 Å². The minimum absolute atomic E-state index is 0.00690. The van der Waals surface area contributed by atoms with E-state index in [9.17, 15) is 18.0 Å². The largest absolute Gasteiger partial charge is 0.488 e. The van der Waals surface area contributed by atoms with Gasteiger partial charge < -0.3 is 9.84 Å². The zero-order valence-corrected chi connectivity index (χ0v) is 8.83. The smallest absolute Gasteiger partial charge is 0.303 e. The van der Waals surface area contributed by atoms with E-state index >= 15 is 0 Å². The lowest BCUT2D eigenvalue weighted by atomic mass is 10.1. The SMILES string of the molecule is O=C(O)CCc1cc(OCC(F)F)ccc1F. The average molecular weight is 248 g/mol. The highest BCUT2D eigenvalue weighted by Gasteiger charge is 2.08. The lowest BCUT2D eigenvalue weighted by Gasteiger charge is -2.08. The molecule has 1 aromatic rings. The number of carboxylic acid groups (broad SMARTS) is 1. The molecule has 0 radical (unpaired) electrons. The molecule has 3 nitrogen and oxygen atoms in total. The van der Waals surface area contributed by atoms with Gasteiger partial charge in [0.1, 0.15) is 18.2 Å². The topological polar surface area (TPSA) is 46.5 Å². The maximum absolute atomic E-state index is 13.2. The number of aliphatic carboxylic acids is 1. The monoisotopic (exact) mass is 248 g/mol. The van der Waals surface area contributed by atoms with Gasteiger partial charge in [0.15, 0.2) is 0 Å². The van der Waals surface area contributed by atoms with E-state index in [0.29, 0.717) is 0 Å². The molecule has 0 fully saturated rings. The van der Waals surface area contributed by atoms with Crippen molar-refractivity contribution in [2.45, 2.75) is 19.3 Å². The van der Waals surface area contributed by atoms with E-state index in [0.717, 1.165) is 6.07 Å². The molecule has 0 spiro atoms. The third-order valence-corrected chi connectivity index (χ3v) is 2.00. The minimum atomic E-state index is -2.61. The summed E-state index contributed by atoms with van der Waals surface area (Å²) in [5.74, 6) is -1.52. The van der Waals surface area contributed by atoms with Gasteiger partial charge in [0.05, 0.1) is 0 Å². The van der Waals surface area contributed by atoms with Gasteiger partial charge in [-0.1, -0.05) is 0 Å². The zero-order chi connectivity index (χ0) is 12.8. The van der Waals surface area contributed by atoms with Gasteiger partial charge in [-0.2, -0.15) is 0 Å². The Morgan fingerprint density at radius 1 is 1.41 bits per heavy atom. The van der Waals surface area contributed by atoms with Crippen LogP contribution in [0.3, 0.4) is 0 Å². The lowest BCUT2D eigenvalue weighted by Crippen LogP contribution is -2.07. The predicted octanol–water partition coefficient (Wildman–Crippen LogP) is 2.49. The fourth-order valence-electron chi connectivity index (χ4n) is 1.23. The van der Waals surface area contributed by atoms with Crippen molar-refractivity contribution in [2.75, 3.05) is 6.61 Å². The Kier molecular flexibility index (Phi) is 4.81. The Morgan fingerprint density at radius 3 is 2.71 bits per heavy atom. The quantitative estimate of drug-likeness (QED) is 0.841. The molecule has 0 unspecified atom stereocenters. The molecule has 94 valence electrons. The average Bonchev–Trinajstić information content (AvgIpc) is 2.26. The van der Waals surface area contributed by atoms with Crippen LogP contribution >= 0.6 is 0 Å². The standard InChI is InChI=1S/C11H11F3O3/c12-9-3-2-8(17-6-10(13)14)5-7(9)1-4-11(15)16/h2-3,5,10H,1,4,6H2,(H,15,16). The van der Waals surface area contributed by atoms with Crippen LogP contribution in [0.2, 0.25) is 0 Å². The summed E-state index contributed by atoms with van der Waals surface area (Å²) in [5.41, 5.74) is 0.138. The molecular formula is C11H11F3O3. The van der Waals surface area contributed by atoms with Crippen molar-refractivity contribution in [3.05, 3.63) is 29.6 Å². The number of halogens is 3. The lowest BCUT2D eigenvalue weighted by molar-refractivity contribution is -0.136. The Balaban J connectivity index is 2.68. The van der Waals surface area contributed by atoms with Crippen LogP contribution in [-0.2, 0) is 11.2 Å². The fourth-order valence-corrected chi connectivity index (χ4v) is 1.23. The summed E-state index contributed by atoms with van der Waals surface area (Å²) in [6.07, 6.45) is -2.84. The number of carboxylic acids is 1. The number of rotatable bonds is 6. The Hall–Kier alpha value is -1.72. The van der Waals surface area contributed by atoms with Crippen molar-refractivity contribution in [1.82, 2.24) is 0 Å². The molecule has 0 aliphatic carbocycles. The van der Waals surface area contributed by atoms with Gasteiger partial charge in [-0.15, -0.1) is 0 Å². The fraction of sp³-hybridized carbons (Fsp3) is 0.364. The number of alkyl halides is 2. The number of hydrogen-bond donors (Lipinski definition) is 1. The highest BCUT2D eigenvalue weighted by atomic mass is 19.3. The second kappa shape index (κ2) is 6.12. The molecule has 0 aromatic heterocycles. The van der Waals surface area contributed by atoms with E-state index in [4.69, 9.17) is 9.84 Å². The molecule has 6 heteroatoms. The molecule has 0 atom stereocenters. The maximum atomic E-state index is 13.2. The van der Waals surface area contributed by atoms with Crippen molar-refractivity contribution in [2.24, 2.45) is 0 Å². The van der Waals surface area contributed by atoms with Crippen LogP contribution < -0.4 is 4.74 Å². The summed E-state index contributed by atoms with van der Waals surface area (Å²) < 4.78 is 41.7. The van der Waals surface area contributed by atoms with Crippen LogP contribution in [0.4, 0.5) is 13.2 Å². The molecule has 0 amide bonds. The van der Waals surface area contributed by atoms with E-state index in [-0.39, 0.29) is 24.2 Å². The molecule has 0 bridgehead atoms. The summed E-state index contributed by atoms with van der Waals surface area (Å²) in [6.45, 7) is -0.774. The summed E-state index contributed by atoms with van der Waals surface area (Å²) >= 11 is 0. The Bertz CT molecular complexity index is 394. The molecule has 0 aliphatic heterocycles. The normalized spacial score (nSPS) is 10.6. The zero-order valence-electron chi connectivity index (χ0n) is 8.83. The van der Waals surface area contributed by atoms with E-state index < -0.39 is 24.8 Å². The first-order valence-electron chi connectivity index (χ1n) is 4.90. The third-order valence-electron chi connectivity index (χ3n) is 2.00. The van der Waals surface area contributed by atoms with E-state index in [1.807, 2.05) is 0 Å². The number of ether oxygens (including phenoxy) is 1. The summed E-state index contributed by atoms with van der Waals surface area (Å²) in [7, 11) is 0. The van der Waals surface area contributed by atoms with E-state index in [1.165, 1.54) is 12.1 Å². The summed E-state index contributed by atoms with van der Waals surface area (Å²) in [5, 5.41) is 8.46. The second-order valence-corrected chi connectivity index (χ2v) is 3.35. The van der Waals surface area contributed by atoms with Gasteiger partial charge in [0.2, 0.25) is 0 Å². The molecule has 1 rings (SSSR count). The van der Waals surface area contributed by atoms with Crippen molar-refractivity contribution < 1.29 is 27.8 Å². The van der Waals surface area contributed by atoms with Gasteiger partial charge in [0.25, 0.3) is 6.43 Å². The maximum Gasteiger partial charge on any atom is 0.303 e. The molecule has 0 heterocycles. The second-order valence-electron chi connectivity index (χ2n) is 3.35. The van der Waals surface area contributed by atoms with Gasteiger partial charge in [-0.3, -0.25) is 4.79 Å². The Labute approximate surface area is 95.8 Å². The third kappa shape index (κ3) is 4.76. The number of carbonyl (C=O) groups is 1. The van der Waals surface area contributed by atoms with Crippen LogP contribution in [-0.4, -0.2) is 24.1 Å². The van der Waals surface area contributed by atoms with Crippen LogP contribution in [0.5, 0.6) is 5.75 Å². The summed E-state index contributed by atoms with van der Waals surface area (Å²) in [6, 6.07) is 3.53. The minimum Gasteiger partial charge on any atom is -0.488 e. The van der Waals surface area contributed by atoms with Crippen molar-refractivity contribution in [3.63, 3.8) is 0 Å². The van der Waals surface area contributed by atoms with Gasteiger partial charge in [-0.05, 0) is 30.2 Å². The van der Waals surface area contributed by atoms with Crippen molar-refractivity contribution >= 4 is 5.97 Å². The van der Waals surface area contributed by atoms with Crippen LogP contribution in [0.25, 0.3) is 0 Å². The van der Waals surface area contributed by atoms with Gasteiger partial charge in [0, 0.05) is 6.42 Å². The Morgan fingerprint density at radius 2 is 2.12 bits per heavy atom. The first-order chi connectivity index (χ1) is 7.99. The number of hydrogen-bond acceptors (Lipinski definition) is 2. The predicted molar refractivity (Wildman–Crippen MR) is 53.9 cm³/mol. The summed E-state index contributed by atoms with van der Waals surface area (Å²) in [4.78, 5) is 10.3. The van der Waals surface area contributed by atoms with Crippen LogP contribution in [0.15, 0.2) is 18.2 Å². The van der Waals surface area contributed by atoms with E-state index in [1.54, 1.807) is 0 Å².